The van der Waals surface area contributed by atoms with E-state index in [1.807, 2.05) is 11.8 Å². The van der Waals surface area contributed by atoms with Gasteiger partial charge in [-0.25, -0.2) is 0 Å². The minimum absolute atomic E-state index is 0.263. The standard InChI is InChI=1S/C22H30N2S/c1-17-10-11-20(18(2)16-17)25-21-9-7-6-8-19(21)23-12-14-24(15-13-23)22(3,4)5/h6-11,16H,12-15H2,1-5H3. The highest BCUT2D eigenvalue weighted by atomic mass is 32.2. The van der Waals surface area contributed by atoms with Crippen LogP contribution >= 0.6 is 11.8 Å². The normalized spacial score (nSPS) is 16.3. The van der Waals surface area contributed by atoms with Gasteiger partial charge in [-0.2, -0.15) is 0 Å². The number of aryl methyl sites for hydroxylation is 2. The topological polar surface area (TPSA) is 6.48 Å². The van der Waals surface area contributed by atoms with E-state index in [1.165, 1.54) is 26.6 Å². The summed E-state index contributed by atoms with van der Waals surface area (Å²) in [7, 11) is 0. The zero-order valence-electron chi connectivity index (χ0n) is 16.2. The molecule has 134 valence electrons. The van der Waals surface area contributed by atoms with Gasteiger partial charge in [0.05, 0.1) is 5.69 Å². The third-order valence-electron chi connectivity index (χ3n) is 4.98. The molecule has 0 unspecified atom stereocenters. The highest BCUT2D eigenvalue weighted by Gasteiger charge is 2.26. The molecule has 0 aliphatic carbocycles. The van der Waals surface area contributed by atoms with E-state index in [0.717, 1.165) is 26.2 Å². The average molecular weight is 355 g/mol. The van der Waals surface area contributed by atoms with Gasteiger partial charge in [-0.05, 0) is 58.4 Å². The highest BCUT2D eigenvalue weighted by molar-refractivity contribution is 7.99. The Bertz CT molecular complexity index is 725. The molecule has 0 spiro atoms. The Labute approximate surface area is 157 Å². The Morgan fingerprint density at radius 3 is 2.16 bits per heavy atom. The summed E-state index contributed by atoms with van der Waals surface area (Å²) < 4.78 is 0. The van der Waals surface area contributed by atoms with Gasteiger partial charge in [-0.3, -0.25) is 4.90 Å². The summed E-state index contributed by atoms with van der Waals surface area (Å²) in [6, 6.07) is 15.6. The molecular formula is C22H30N2S. The maximum absolute atomic E-state index is 2.59. The number of rotatable bonds is 3. The lowest BCUT2D eigenvalue weighted by atomic mass is 10.0. The maximum Gasteiger partial charge on any atom is 0.0508 e. The molecule has 1 heterocycles. The first-order valence-electron chi connectivity index (χ1n) is 9.19. The van der Waals surface area contributed by atoms with Crippen molar-refractivity contribution in [3.8, 4) is 0 Å². The molecule has 0 bridgehead atoms. The van der Waals surface area contributed by atoms with Crippen molar-refractivity contribution in [2.24, 2.45) is 0 Å². The van der Waals surface area contributed by atoms with Crippen LogP contribution in [-0.4, -0.2) is 36.6 Å². The lowest BCUT2D eigenvalue weighted by Crippen LogP contribution is -2.53. The summed E-state index contributed by atoms with van der Waals surface area (Å²) in [5.41, 5.74) is 4.33. The fourth-order valence-corrected chi connectivity index (χ4v) is 4.50. The van der Waals surface area contributed by atoms with E-state index >= 15 is 0 Å². The molecule has 2 aromatic carbocycles. The Kier molecular flexibility index (Phi) is 5.45. The fraction of sp³-hybridized carbons (Fsp3) is 0.455. The molecule has 0 amide bonds. The zero-order chi connectivity index (χ0) is 18.0. The van der Waals surface area contributed by atoms with Crippen LogP contribution in [0.3, 0.4) is 0 Å². The number of piperazine rings is 1. The average Bonchev–Trinajstić information content (AvgIpc) is 2.57. The number of nitrogens with zero attached hydrogens (tertiary/aromatic N) is 2. The van der Waals surface area contributed by atoms with Crippen molar-refractivity contribution in [3.05, 3.63) is 53.6 Å². The van der Waals surface area contributed by atoms with Gasteiger partial charge in [-0.15, -0.1) is 0 Å². The van der Waals surface area contributed by atoms with Gasteiger partial charge >= 0.3 is 0 Å². The third-order valence-corrected chi connectivity index (χ3v) is 6.23. The quantitative estimate of drug-likeness (QED) is 0.731. The van der Waals surface area contributed by atoms with Crippen LogP contribution in [-0.2, 0) is 0 Å². The number of hydrogen-bond acceptors (Lipinski definition) is 3. The van der Waals surface area contributed by atoms with Crippen LogP contribution < -0.4 is 4.90 Å². The van der Waals surface area contributed by atoms with Gasteiger partial charge in [0.1, 0.15) is 0 Å². The van der Waals surface area contributed by atoms with E-state index in [0.29, 0.717) is 0 Å². The van der Waals surface area contributed by atoms with Crippen LogP contribution in [0.25, 0.3) is 0 Å². The highest BCUT2D eigenvalue weighted by Crippen LogP contribution is 2.37. The molecule has 1 fully saturated rings. The number of para-hydroxylation sites is 1. The van der Waals surface area contributed by atoms with Crippen LogP contribution in [0.1, 0.15) is 31.9 Å². The van der Waals surface area contributed by atoms with Crippen molar-refractivity contribution in [1.82, 2.24) is 4.90 Å². The first-order valence-corrected chi connectivity index (χ1v) is 10.0. The summed E-state index contributed by atoms with van der Waals surface area (Å²) in [6.07, 6.45) is 0. The lowest BCUT2D eigenvalue weighted by molar-refractivity contribution is 0.128. The van der Waals surface area contributed by atoms with Crippen LogP contribution in [0.5, 0.6) is 0 Å². The Morgan fingerprint density at radius 2 is 1.52 bits per heavy atom. The molecule has 3 rings (SSSR count). The van der Waals surface area contributed by atoms with Crippen LogP contribution in [0, 0.1) is 13.8 Å². The molecule has 0 saturated carbocycles. The Morgan fingerprint density at radius 1 is 0.840 bits per heavy atom. The molecule has 2 nitrogen and oxygen atoms in total. The van der Waals surface area contributed by atoms with Crippen molar-refractivity contribution in [3.63, 3.8) is 0 Å². The number of benzene rings is 2. The first kappa shape index (κ1) is 18.3. The van der Waals surface area contributed by atoms with Crippen molar-refractivity contribution in [2.45, 2.75) is 49.9 Å². The smallest absolute Gasteiger partial charge is 0.0508 e. The summed E-state index contributed by atoms with van der Waals surface area (Å²) >= 11 is 1.89. The molecule has 1 aliphatic heterocycles. The molecular weight excluding hydrogens is 324 g/mol. The molecule has 0 atom stereocenters. The fourth-order valence-electron chi connectivity index (χ4n) is 3.46. The Balaban J connectivity index is 1.78. The van der Waals surface area contributed by atoms with Crippen LogP contribution in [0.2, 0.25) is 0 Å². The predicted molar refractivity (Wildman–Crippen MR) is 110 cm³/mol. The SMILES string of the molecule is Cc1ccc(Sc2ccccc2N2CCN(C(C)(C)C)CC2)c(C)c1. The van der Waals surface area contributed by atoms with E-state index in [4.69, 9.17) is 0 Å². The van der Waals surface area contributed by atoms with E-state index in [1.54, 1.807) is 0 Å². The minimum atomic E-state index is 0.263. The Hall–Kier alpha value is -1.45. The van der Waals surface area contributed by atoms with E-state index < -0.39 is 0 Å². The molecule has 0 radical (unpaired) electrons. The van der Waals surface area contributed by atoms with Crippen molar-refractivity contribution in [2.75, 3.05) is 31.1 Å². The largest absolute Gasteiger partial charge is 0.368 e. The second-order valence-electron chi connectivity index (χ2n) is 7.98. The molecule has 25 heavy (non-hydrogen) atoms. The van der Waals surface area contributed by atoms with Gasteiger partial charge in [-0.1, -0.05) is 41.6 Å². The van der Waals surface area contributed by atoms with Crippen molar-refractivity contribution < 1.29 is 0 Å². The number of anilines is 1. The monoisotopic (exact) mass is 354 g/mol. The van der Waals surface area contributed by atoms with Crippen LogP contribution in [0.15, 0.2) is 52.3 Å². The number of hydrogen-bond donors (Lipinski definition) is 0. The van der Waals surface area contributed by atoms with E-state index in [-0.39, 0.29) is 5.54 Å². The van der Waals surface area contributed by atoms with Gasteiger partial charge in [0.15, 0.2) is 0 Å². The second kappa shape index (κ2) is 7.43. The zero-order valence-corrected chi connectivity index (χ0v) is 17.0. The lowest BCUT2D eigenvalue weighted by Gasteiger charge is -2.43. The summed E-state index contributed by atoms with van der Waals surface area (Å²) in [6.45, 7) is 15.8. The molecule has 2 aromatic rings. The van der Waals surface area contributed by atoms with Gasteiger partial charge in [0, 0.05) is 41.5 Å². The third kappa shape index (κ3) is 4.39. The maximum atomic E-state index is 2.59. The van der Waals surface area contributed by atoms with Gasteiger partial charge in [0.25, 0.3) is 0 Å². The van der Waals surface area contributed by atoms with E-state index in [2.05, 4.69) is 86.9 Å². The van der Waals surface area contributed by atoms with Crippen LogP contribution in [0.4, 0.5) is 5.69 Å². The summed E-state index contributed by atoms with van der Waals surface area (Å²) in [4.78, 5) is 7.85. The molecule has 1 aliphatic rings. The van der Waals surface area contributed by atoms with E-state index in [9.17, 15) is 0 Å². The first-order chi connectivity index (χ1) is 11.8. The molecule has 1 saturated heterocycles. The van der Waals surface area contributed by atoms with Gasteiger partial charge < -0.3 is 4.90 Å². The molecule has 0 N–H and O–H groups in total. The molecule has 3 heteroatoms. The summed E-state index contributed by atoms with van der Waals surface area (Å²) in [5.74, 6) is 0. The molecule has 0 aromatic heterocycles. The predicted octanol–water partition coefficient (Wildman–Crippen LogP) is 5.38. The summed E-state index contributed by atoms with van der Waals surface area (Å²) in [5, 5.41) is 0. The van der Waals surface area contributed by atoms with Crippen molar-refractivity contribution >= 4 is 17.4 Å². The van der Waals surface area contributed by atoms with Gasteiger partial charge in [0.2, 0.25) is 0 Å². The minimum Gasteiger partial charge on any atom is -0.368 e. The second-order valence-corrected chi connectivity index (χ2v) is 9.07. The van der Waals surface area contributed by atoms with Crippen molar-refractivity contribution in [1.29, 1.82) is 0 Å².